The van der Waals surface area contributed by atoms with Crippen LogP contribution in [-0.2, 0) is 4.79 Å². The number of likely N-dealkylation sites (tertiary alicyclic amines) is 1. The molecule has 1 amide bonds. The van der Waals surface area contributed by atoms with Crippen molar-refractivity contribution in [2.24, 2.45) is 5.73 Å². The van der Waals surface area contributed by atoms with Crippen molar-refractivity contribution < 1.29 is 4.79 Å². The monoisotopic (exact) mass is 377 g/mol. The predicted molar refractivity (Wildman–Crippen MR) is 114 cm³/mol. The topological polar surface area (TPSA) is 58.4 Å². The van der Waals surface area contributed by atoms with Gasteiger partial charge in [-0.25, -0.2) is 0 Å². The van der Waals surface area contributed by atoms with Crippen LogP contribution in [0.4, 0.5) is 5.69 Å². The van der Waals surface area contributed by atoms with Crippen molar-refractivity contribution in [3.05, 3.63) is 66.2 Å². The molecule has 1 heterocycles. The van der Waals surface area contributed by atoms with Crippen LogP contribution in [0.25, 0.3) is 0 Å². The number of primary amides is 1. The van der Waals surface area contributed by atoms with Crippen LogP contribution in [0.1, 0.15) is 50.0 Å². The summed E-state index contributed by atoms with van der Waals surface area (Å²) in [7, 11) is 0. The van der Waals surface area contributed by atoms with E-state index in [1.165, 1.54) is 31.2 Å². The molecule has 0 aromatic heterocycles. The first kappa shape index (κ1) is 19.0. The first-order chi connectivity index (χ1) is 13.7. The molecule has 2 aromatic carbocycles. The minimum atomic E-state index is -0.644. The fourth-order valence-corrected chi connectivity index (χ4v) is 5.11. The summed E-state index contributed by atoms with van der Waals surface area (Å²) in [5, 5.41) is 3.46. The highest BCUT2D eigenvalue weighted by Gasteiger charge is 2.42. The first-order valence-corrected chi connectivity index (χ1v) is 10.6. The van der Waals surface area contributed by atoms with E-state index in [1.807, 2.05) is 30.3 Å². The van der Waals surface area contributed by atoms with Crippen LogP contribution in [0, 0.1) is 0 Å². The van der Waals surface area contributed by atoms with Gasteiger partial charge in [-0.3, -0.25) is 9.69 Å². The number of amides is 1. The van der Waals surface area contributed by atoms with Gasteiger partial charge >= 0.3 is 0 Å². The number of carbonyl (C=O) groups is 1. The van der Waals surface area contributed by atoms with Crippen molar-refractivity contribution in [3.8, 4) is 0 Å². The van der Waals surface area contributed by atoms with Gasteiger partial charge in [0, 0.05) is 24.8 Å². The van der Waals surface area contributed by atoms with Crippen LogP contribution in [0.5, 0.6) is 0 Å². The Kier molecular flexibility index (Phi) is 5.67. The average Bonchev–Trinajstić information content (AvgIpc) is 2.75. The summed E-state index contributed by atoms with van der Waals surface area (Å²) in [5.41, 5.74) is 7.66. The van der Waals surface area contributed by atoms with Crippen LogP contribution in [0.15, 0.2) is 60.7 Å². The number of nitrogens with zero attached hydrogens (tertiary/aromatic N) is 1. The number of benzene rings is 2. The molecule has 1 aliphatic heterocycles. The van der Waals surface area contributed by atoms with Crippen LogP contribution < -0.4 is 11.1 Å². The van der Waals surface area contributed by atoms with Crippen molar-refractivity contribution in [3.63, 3.8) is 0 Å². The maximum Gasteiger partial charge on any atom is 0.243 e. The molecule has 4 nitrogen and oxygen atoms in total. The third-order valence-electron chi connectivity index (χ3n) is 6.71. The third kappa shape index (κ3) is 3.93. The van der Waals surface area contributed by atoms with Gasteiger partial charge in [-0.2, -0.15) is 0 Å². The summed E-state index contributed by atoms with van der Waals surface area (Å²) in [4.78, 5) is 15.0. The summed E-state index contributed by atoms with van der Waals surface area (Å²) in [6.07, 6.45) is 6.63. The number of hydrogen-bond acceptors (Lipinski definition) is 3. The molecule has 0 bridgehead atoms. The summed E-state index contributed by atoms with van der Waals surface area (Å²) in [6.45, 7) is 1.83. The van der Waals surface area contributed by atoms with Gasteiger partial charge in [0.2, 0.25) is 5.91 Å². The Hall–Kier alpha value is -2.33. The molecule has 2 fully saturated rings. The second-order valence-electron chi connectivity index (χ2n) is 8.34. The quantitative estimate of drug-likeness (QED) is 0.823. The molecule has 28 heavy (non-hydrogen) atoms. The fourth-order valence-electron chi connectivity index (χ4n) is 5.11. The molecule has 4 rings (SSSR count). The summed E-state index contributed by atoms with van der Waals surface area (Å²) >= 11 is 0. The van der Waals surface area contributed by atoms with E-state index in [-0.39, 0.29) is 5.91 Å². The number of para-hydroxylation sites is 1. The summed E-state index contributed by atoms with van der Waals surface area (Å²) in [6, 6.07) is 21.5. The normalized spacial score (nSPS) is 25.1. The Balaban J connectivity index is 1.48. The van der Waals surface area contributed by atoms with E-state index in [0.717, 1.165) is 31.6 Å². The molecule has 1 saturated heterocycles. The Morgan fingerprint density at radius 3 is 2.18 bits per heavy atom. The number of anilines is 1. The van der Waals surface area contributed by atoms with Gasteiger partial charge in [-0.15, -0.1) is 0 Å². The van der Waals surface area contributed by atoms with Gasteiger partial charge in [-0.1, -0.05) is 61.4 Å². The number of carbonyl (C=O) groups excluding carboxylic acids is 1. The van der Waals surface area contributed by atoms with E-state index in [0.29, 0.717) is 12.0 Å². The lowest BCUT2D eigenvalue weighted by atomic mass is 9.77. The highest BCUT2D eigenvalue weighted by atomic mass is 16.1. The van der Waals surface area contributed by atoms with E-state index in [4.69, 9.17) is 5.73 Å². The van der Waals surface area contributed by atoms with Crippen LogP contribution in [-0.4, -0.2) is 35.5 Å². The van der Waals surface area contributed by atoms with Crippen molar-refractivity contribution in [1.29, 1.82) is 0 Å². The molecule has 0 unspecified atom stereocenters. The molecule has 1 aliphatic carbocycles. The van der Waals surface area contributed by atoms with Gasteiger partial charge in [0.05, 0.1) is 0 Å². The van der Waals surface area contributed by atoms with E-state index >= 15 is 0 Å². The van der Waals surface area contributed by atoms with Gasteiger partial charge in [0.1, 0.15) is 5.54 Å². The van der Waals surface area contributed by atoms with Gasteiger partial charge < -0.3 is 11.1 Å². The van der Waals surface area contributed by atoms with E-state index in [9.17, 15) is 4.79 Å². The van der Waals surface area contributed by atoms with Crippen molar-refractivity contribution in [2.45, 2.75) is 56.0 Å². The number of hydrogen-bond donors (Lipinski definition) is 2. The molecule has 4 heteroatoms. The highest BCUT2D eigenvalue weighted by Crippen LogP contribution is 2.38. The Morgan fingerprint density at radius 1 is 0.929 bits per heavy atom. The first-order valence-electron chi connectivity index (χ1n) is 10.6. The maximum atomic E-state index is 12.4. The predicted octanol–water partition coefficient (Wildman–Crippen LogP) is 4.14. The maximum absolute atomic E-state index is 12.4. The second kappa shape index (κ2) is 8.36. The SMILES string of the molecule is NC(=O)C1(Nc2ccccc2)CCN([C@H]2CCCC[C@H]2c2ccccc2)CC1. The zero-order valence-corrected chi connectivity index (χ0v) is 16.5. The van der Waals surface area contributed by atoms with Crippen molar-refractivity contribution in [1.82, 2.24) is 4.90 Å². The third-order valence-corrected chi connectivity index (χ3v) is 6.71. The zero-order valence-electron chi connectivity index (χ0n) is 16.5. The van der Waals surface area contributed by atoms with E-state index < -0.39 is 5.54 Å². The minimum Gasteiger partial charge on any atom is -0.371 e. The molecule has 0 spiro atoms. The van der Waals surface area contributed by atoms with Crippen LogP contribution >= 0.6 is 0 Å². The lowest BCUT2D eigenvalue weighted by molar-refractivity contribution is -0.124. The Labute approximate surface area is 168 Å². The van der Waals surface area contributed by atoms with Crippen molar-refractivity contribution >= 4 is 11.6 Å². The minimum absolute atomic E-state index is 0.237. The van der Waals surface area contributed by atoms with E-state index in [2.05, 4.69) is 40.5 Å². The summed E-state index contributed by atoms with van der Waals surface area (Å²) in [5.74, 6) is 0.359. The largest absolute Gasteiger partial charge is 0.371 e. The molecule has 3 N–H and O–H groups in total. The Bertz CT molecular complexity index is 769. The molecule has 2 aliphatic rings. The van der Waals surface area contributed by atoms with E-state index in [1.54, 1.807) is 0 Å². The molecule has 2 aromatic rings. The smallest absolute Gasteiger partial charge is 0.243 e. The van der Waals surface area contributed by atoms with Crippen molar-refractivity contribution in [2.75, 3.05) is 18.4 Å². The van der Waals surface area contributed by atoms with Gasteiger partial charge in [-0.05, 0) is 49.3 Å². The standard InChI is InChI=1S/C24H31N3O/c25-23(28)24(26-20-11-5-2-6-12-20)15-17-27(18-16-24)22-14-8-7-13-21(22)19-9-3-1-4-10-19/h1-6,9-12,21-22,26H,7-8,13-18H2,(H2,25,28)/t21-,22-/m0/s1. The van der Waals surface area contributed by atoms with Crippen LogP contribution in [0.3, 0.4) is 0 Å². The van der Waals surface area contributed by atoms with Gasteiger partial charge in [0.15, 0.2) is 0 Å². The molecule has 2 atom stereocenters. The number of rotatable bonds is 5. The number of nitrogens with one attached hydrogen (secondary N) is 1. The van der Waals surface area contributed by atoms with Gasteiger partial charge in [0.25, 0.3) is 0 Å². The summed E-state index contributed by atoms with van der Waals surface area (Å²) < 4.78 is 0. The molecule has 1 saturated carbocycles. The molecule has 148 valence electrons. The highest BCUT2D eigenvalue weighted by molar-refractivity contribution is 5.88. The molecular weight excluding hydrogens is 346 g/mol. The molecular formula is C24H31N3O. The lowest BCUT2D eigenvalue weighted by Gasteiger charge is -2.47. The fraction of sp³-hybridized carbons (Fsp3) is 0.458. The number of piperidine rings is 1. The second-order valence-corrected chi connectivity index (χ2v) is 8.34. The number of nitrogens with two attached hydrogens (primary N) is 1. The van der Waals surface area contributed by atoms with Crippen LogP contribution in [0.2, 0.25) is 0 Å². The zero-order chi connectivity index (χ0) is 19.4. The average molecular weight is 378 g/mol. The Morgan fingerprint density at radius 2 is 1.54 bits per heavy atom. The lowest BCUT2D eigenvalue weighted by Crippen LogP contribution is -2.59. The molecule has 0 radical (unpaired) electrons.